The van der Waals surface area contributed by atoms with Crippen LogP contribution in [-0.2, 0) is 15.9 Å². The monoisotopic (exact) mass is 430 g/mol. The molecule has 0 atom stereocenters. The second-order valence-electron chi connectivity index (χ2n) is 9.68. The normalized spacial score (nSPS) is 20.7. The molecular formula is C22H28BFN2O5. The van der Waals surface area contributed by atoms with Crippen LogP contribution in [0, 0.1) is 5.82 Å². The van der Waals surface area contributed by atoms with Crippen molar-refractivity contribution >= 4 is 29.4 Å². The predicted molar refractivity (Wildman–Crippen MR) is 116 cm³/mol. The number of aryl methyl sites for hydroxylation is 1. The first kappa shape index (κ1) is 21.8. The number of pyridine rings is 1. The summed E-state index contributed by atoms with van der Waals surface area (Å²) < 4.78 is 28.4. The molecule has 1 saturated carbocycles. The largest absolute Gasteiger partial charge is 0.497 e. The van der Waals surface area contributed by atoms with Crippen LogP contribution in [-0.4, -0.2) is 39.6 Å². The van der Waals surface area contributed by atoms with Gasteiger partial charge in [0.15, 0.2) is 0 Å². The number of nitrogens with zero attached hydrogens (tertiary/aromatic N) is 1. The lowest BCUT2D eigenvalue weighted by molar-refractivity contribution is 0.00578. The molecule has 0 unspecified atom stereocenters. The number of fused-ring (bicyclic) bond motifs is 1. The lowest BCUT2D eigenvalue weighted by Crippen LogP contribution is -2.41. The second-order valence-corrected chi connectivity index (χ2v) is 9.68. The molecule has 2 N–H and O–H groups in total. The fourth-order valence-electron chi connectivity index (χ4n) is 4.05. The van der Waals surface area contributed by atoms with E-state index in [0.717, 1.165) is 12.8 Å². The number of hydrogen-bond donors (Lipinski definition) is 2. The Balaban J connectivity index is 1.53. The van der Waals surface area contributed by atoms with Crippen molar-refractivity contribution < 1.29 is 23.6 Å². The maximum Gasteiger partial charge on any atom is 0.497 e. The topological polar surface area (TPSA) is 89.8 Å². The standard InChI is InChI=1S/C22H28BFN2O5/c1-20(2)21(3,4)31-23(30-20)16-12-14-6-11-26(18(27)15(14)13-17(16)24)10-5-7-22(8-9-22)25-19(28)29/h6,11-13,25H,5,7-10H2,1-4H3,(H,28,29). The van der Waals surface area contributed by atoms with Crippen LogP contribution in [0.25, 0.3) is 10.8 Å². The van der Waals surface area contributed by atoms with Crippen molar-refractivity contribution in [2.75, 3.05) is 0 Å². The number of benzene rings is 1. The van der Waals surface area contributed by atoms with Gasteiger partial charge in [-0.2, -0.15) is 0 Å². The lowest BCUT2D eigenvalue weighted by Gasteiger charge is -2.32. The number of halogens is 1. The molecule has 0 radical (unpaired) electrons. The molecule has 1 amide bonds. The third kappa shape index (κ3) is 4.08. The van der Waals surface area contributed by atoms with Crippen LogP contribution >= 0.6 is 0 Å². The smallest absolute Gasteiger partial charge is 0.465 e. The summed E-state index contributed by atoms with van der Waals surface area (Å²) in [5.74, 6) is -0.538. The lowest BCUT2D eigenvalue weighted by atomic mass is 9.78. The van der Waals surface area contributed by atoms with Gasteiger partial charge in [0, 0.05) is 23.7 Å². The number of carbonyl (C=O) groups is 1. The van der Waals surface area contributed by atoms with Crippen LogP contribution in [0.5, 0.6) is 0 Å². The highest BCUT2D eigenvalue weighted by atomic mass is 19.1. The van der Waals surface area contributed by atoms with E-state index in [1.807, 2.05) is 27.7 Å². The van der Waals surface area contributed by atoms with Crippen LogP contribution in [0.4, 0.5) is 9.18 Å². The molecule has 31 heavy (non-hydrogen) atoms. The molecule has 1 saturated heterocycles. The summed E-state index contributed by atoms with van der Waals surface area (Å²) in [5.41, 5.74) is -1.52. The molecule has 1 aliphatic carbocycles. The van der Waals surface area contributed by atoms with Gasteiger partial charge in [-0.05, 0) is 70.9 Å². The van der Waals surface area contributed by atoms with Gasteiger partial charge in [0.05, 0.1) is 16.6 Å². The third-order valence-electron chi connectivity index (χ3n) is 6.88. The Morgan fingerprint density at radius 1 is 1.23 bits per heavy atom. The van der Waals surface area contributed by atoms with E-state index < -0.39 is 30.2 Å². The minimum atomic E-state index is -1.02. The summed E-state index contributed by atoms with van der Waals surface area (Å²) >= 11 is 0. The van der Waals surface area contributed by atoms with Gasteiger partial charge in [-0.25, -0.2) is 9.18 Å². The highest BCUT2D eigenvalue weighted by Gasteiger charge is 2.52. The fraction of sp³-hybridized carbons (Fsp3) is 0.545. The highest BCUT2D eigenvalue weighted by molar-refractivity contribution is 6.62. The molecule has 0 spiro atoms. The first-order valence-electron chi connectivity index (χ1n) is 10.6. The van der Waals surface area contributed by atoms with E-state index in [2.05, 4.69) is 5.32 Å². The van der Waals surface area contributed by atoms with Gasteiger partial charge in [-0.1, -0.05) is 6.07 Å². The highest BCUT2D eigenvalue weighted by Crippen LogP contribution is 2.40. The third-order valence-corrected chi connectivity index (χ3v) is 6.88. The van der Waals surface area contributed by atoms with Crippen molar-refractivity contribution in [1.29, 1.82) is 0 Å². The van der Waals surface area contributed by atoms with Crippen molar-refractivity contribution in [3.05, 3.63) is 40.6 Å². The number of carboxylic acid groups (broad SMARTS) is 1. The summed E-state index contributed by atoms with van der Waals surface area (Å²) in [4.78, 5) is 23.8. The molecule has 2 fully saturated rings. The Kier molecular flexibility index (Phi) is 5.17. The summed E-state index contributed by atoms with van der Waals surface area (Å²) in [7, 11) is -0.840. The predicted octanol–water partition coefficient (Wildman–Crippen LogP) is 3.02. The Bertz CT molecular complexity index is 1080. The fourth-order valence-corrected chi connectivity index (χ4v) is 4.05. The van der Waals surface area contributed by atoms with E-state index in [9.17, 15) is 14.0 Å². The molecule has 2 aliphatic rings. The molecule has 1 aliphatic heterocycles. The van der Waals surface area contributed by atoms with E-state index in [1.54, 1.807) is 22.9 Å². The first-order valence-corrected chi connectivity index (χ1v) is 10.6. The summed E-state index contributed by atoms with van der Waals surface area (Å²) in [6.45, 7) is 8.06. The SMILES string of the molecule is CC1(C)OB(c2cc3ccn(CCCC4(NC(=O)O)CC4)c(=O)c3cc2F)OC1(C)C. The van der Waals surface area contributed by atoms with Crippen LogP contribution in [0.1, 0.15) is 53.4 Å². The summed E-state index contributed by atoms with van der Waals surface area (Å²) in [6, 6.07) is 4.66. The minimum Gasteiger partial charge on any atom is -0.465 e. The molecule has 166 valence electrons. The second kappa shape index (κ2) is 7.34. The number of nitrogens with one attached hydrogen (secondary N) is 1. The maximum atomic E-state index is 15.0. The van der Waals surface area contributed by atoms with Crippen molar-refractivity contribution in [1.82, 2.24) is 9.88 Å². The quantitative estimate of drug-likeness (QED) is 0.688. The van der Waals surface area contributed by atoms with E-state index in [1.165, 1.54) is 6.07 Å². The Morgan fingerprint density at radius 2 is 1.87 bits per heavy atom. The number of rotatable bonds is 6. The number of amides is 1. The summed E-state index contributed by atoms with van der Waals surface area (Å²) in [6.07, 6.45) is 3.63. The van der Waals surface area contributed by atoms with Gasteiger partial charge in [-0.3, -0.25) is 4.79 Å². The van der Waals surface area contributed by atoms with E-state index in [4.69, 9.17) is 14.4 Å². The molecule has 0 bridgehead atoms. The van der Waals surface area contributed by atoms with E-state index in [0.29, 0.717) is 30.2 Å². The Hall–Kier alpha value is -2.39. The number of hydrogen-bond acceptors (Lipinski definition) is 4. The van der Waals surface area contributed by atoms with Crippen LogP contribution in [0.3, 0.4) is 0 Å². The van der Waals surface area contributed by atoms with Crippen LogP contribution in [0.15, 0.2) is 29.2 Å². The van der Waals surface area contributed by atoms with Gasteiger partial charge >= 0.3 is 13.2 Å². The molecule has 4 rings (SSSR count). The molecular weight excluding hydrogens is 402 g/mol. The minimum absolute atomic E-state index is 0.270. The first-order chi connectivity index (χ1) is 14.4. The van der Waals surface area contributed by atoms with Gasteiger partial charge in [0.2, 0.25) is 0 Å². The zero-order valence-electron chi connectivity index (χ0n) is 18.3. The van der Waals surface area contributed by atoms with Crippen molar-refractivity contribution in [2.45, 2.75) is 76.7 Å². The Labute approximate surface area is 180 Å². The molecule has 2 heterocycles. The summed E-state index contributed by atoms with van der Waals surface area (Å²) in [5, 5.41) is 12.4. The molecule has 9 heteroatoms. The van der Waals surface area contributed by atoms with Gasteiger partial charge in [-0.15, -0.1) is 0 Å². The van der Waals surface area contributed by atoms with E-state index >= 15 is 0 Å². The van der Waals surface area contributed by atoms with Crippen LogP contribution in [0.2, 0.25) is 0 Å². The average Bonchev–Trinajstić information content (AvgIpc) is 3.36. The maximum absolute atomic E-state index is 15.0. The molecule has 2 aromatic rings. The van der Waals surface area contributed by atoms with Gasteiger partial charge < -0.3 is 24.3 Å². The molecule has 1 aromatic carbocycles. The van der Waals surface area contributed by atoms with E-state index in [-0.39, 0.29) is 16.6 Å². The average molecular weight is 430 g/mol. The van der Waals surface area contributed by atoms with Crippen LogP contribution < -0.4 is 16.3 Å². The zero-order chi connectivity index (χ0) is 22.6. The van der Waals surface area contributed by atoms with Crippen molar-refractivity contribution in [3.8, 4) is 0 Å². The van der Waals surface area contributed by atoms with Gasteiger partial charge in [0.1, 0.15) is 5.82 Å². The van der Waals surface area contributed by atoms with Crippen molar-refractivity contribution in [3.63, 3.8) is 0 Å². The molecule has 1 aromatic heterocycles. The van der Waals surface area contributed by atoms with Crippen molar-refractivity contribution in [2.24, 2.45) is 0 Å². The Morgan fingerprint density at radius 3 is 2.45 bits per heavy atom. The number of aromatic nitrogens is 1. The zero-order valence-corrected chi connectivity index (χ0v) is 18.3. The molecule has 7 nitrogen and oxygen atoms in total. The van der Waals surface area contributed by atoms with Gasteiger partial charge in [0.25, 0.3) is 5.56 Å².